The molecule has 0 saturated carbocycles. The van der Waals surface area contributed by atoms with Crippen LogP contribution in [0.3, 0.4) is 0 Å². The number of benzene rings is 7. The first-order valence-corrected chi connectivity index (χ1v) is 22.4. The average molecular weight is 781 g/mol. The van der Waals surface area contributed by atoms with E-state index in [-0.39, 0.29) is 23.0 Å². The van der Waals surface area contributed by atoms with Crippen LogP contribution in [-0.4, -0.2) is 6.71 Å². The summed E-state index contributed by atoms with van der Waals surface area (Å²) in [7, 11) is 0. The van der Waals surface area contributed by atoms with Gasteiger partial charge in [-0.25, -0.2) is 0 Å². The van der Waals surface area contributed by atoms with Gasteiger partial charge < -0.3 is 9.80 Å². The zero-order valence-corrected chi connectivity index (χ0v) is 37.1. The maximum atomic E-state index is 2.67. The quantitative estimate of drug-likeness (QED) is 0.165. The van der Waals surface area contributed by atoms with Crippen LogP contribution in [0.5, 0.6) is 0 Å². The Morgan fingerprint density at radius 2 is 1.13 bits per heavy atom. The molecule has 2 heterocycles. The fourth-order valence-corrected chi connectivity index (χ4v) is 11.3. The molecule has 7 aromatic carbocycles. The van der Waals surface area contributed by atoms with Crippen LogP contribution < -0.4 is 26.2 Å². The molecular formula is C57H57BN2. The Kier molecular flexibility index (Phi) is 8.11. The maximum Gasteiger partial charge on any atom is 0.252 e. The summed E-state index contributed by atoms with van der Waals surface area (Å²) >= 11 is 0. The number of hydrogen-bond acceptors (Lipinski definition) is 2. The number of nitrogens with zero attached hydrogens (tertiary/aromatic N) is 2. The van der Waals surface area contributed by atoms with Gasteiger partial charge in [-0.05, 0) is 164 Å². The fourth-order valence-electron chi connectivity index (χ4n) is 11.3. The van der Waals surface area contributed by atoms with E-state index >= 15 is 0 Å². The average Bonchev–Trinajstić information content (AvgIpc) is 3.52. The van der Waals surface area contributed by atoms with Crippen LogP contribution in [0.2, 0.25) is 0 Å². The van der Waals surface area contributed by atoms with Crippen molar-refractivity contribution in [3.63, 3.8) is 0 Å². The normalized spacial score (nSPS) is 16.1. The smallest absolute Gasteiger partial charge is 0.252 e. The molecule has 7 aromatic rings. The van der Waals surface area contributed by atoms with E-state index in [1.54, 1.807) is 0 Å². The Bertz CT molecular complexity index is 2910. The van der Waals surface area contributed by atoms with E-state index in [1.165, 1.54) is 118 Å². The molecule has 4 aliphatic rings. The van der Waals surface area contributed by atoms with Gasteiger partial charge in [0, 0.05) is 33.7 Å². The van der Waals surface area contributed by atoms with E-state index in [2.05, 4.69) is 193 Å². The van der Waals surface area contributed by atoms with E-state index in [0.29, 0.717) is 0 Å². The molecule has 3 heteroatoms. The third-order valence-corrected chi connectivity index (χ3v) is 14.2. The molecule has 0 N–H and O–H groups in total. The van der Waals surface area contributed by atoms with Gasteiger partial charge in [0.05, 0.1) is 11.4 Å². The number of anilines is 6. The van der Waals surface area contributed by atoms with Crippen molar-refractivity contribution in [3.05, 3.63) is 160 Å². The Labute approximate surface area is 358 Å². The van der Waals surface area contributed by atoms with E-state index in [1.807, 2.05) is 0 Å². The number of rotatable bonds is 3. The predicted octanol–water partition coefficient (Wildman–Crippen LogP) is 13.1. The van der Waals surface area contributed by atoms with Crippen LogP contribution in [-0.2, 0) is 36.5 Å². The van der Waals surface area contributed by atoms with Crippen molar-refractivity contribution >= 4 is 68.0 Å². The second kappa shape index (κ2) is 13.0. The highest BCUT2D eigenvalue weighted by molar-refractivity contribution is 7.00. The second-order valence-electron chi connectivity index (χ2n) is 21.3. The molecule has 0 atom stereocenters. The third kappa shape index (κ3) is 5.75. The molecule has 0 unspecified atom stereocenters. The van der Waals surface area contributed by atoms with Gasteiger partial charge in [-0.15, -0.1) is 0 Å². The summed E-state index contributed by atoms with van der Waals surface area (Å²) in [6.45, 7) is 21.3. The monoisotopic (exact) mass is 780 g/mol. The highest BCUT2D eigenvalue weighted by Gasteiger charge is 2.46. The number of fused-ring (bicyclic) bond motifs is 5. The molecule has 0 saturated heterocycles. The first-order chi connectivity index (χ1) is 28.6. The summed E-state index contributed by atoms with van der Waals surface area (Å²) in [5.41, 5.74) is 24.7. The molecule has 2 nitrogen and oxygen atoms in total. The van der Waals surface area contributed by atoms with Crippen molar-refractivity contribution in [2.24, 2.45) is 5.41 Å². The minimum atomic E-state index is -0.000590. The van der Waals surface area contributed by atoms with Crippen molar-refractivity contribution in [2.75, 3.05) is 9.80 Å². The Hall–Kier alpha value is -5.54. The zero-order valence-electron chi connectivity index (χ0n) is 37.1. The highest BCUT2D eigenvalue weighted by Crippen LogP contribution is 2.51. The lowest BCUT2D eigenvalue weighted by Crippen LogP contribution is -2.61. The molecule has 2 aliphatic carbocycles. The molecule has 0 spiro atoms. The van der Waals surface area contributed by atoms with Gasteiger partial charge in [-0.2, -0.15) is 0 Å². The molecule has 0 bridgehead atoms. The molecule has 0 fully saturated rings. The van der Waals surface area contributed by atoms with Crippen molar-refractivity contribution in [3.8, 4) is 11.1 Å². The maximum absolute atomic E-state index is 2.67. The topological polar surface area (TPSA) is 6.48 Å². The van der Waals surface area contributed by atoms with Crippen molar-refractivity contribution in [1.82, 2.24) is 0 Å². The standard InChI is InChI=1S/C57H57BN2/c1-35-27-51-54-52(28-35)60(48-26-23-41(55(2,3)4)31-44(48)36-15-11-10-12-16-36)49-30-40-34-57(8,9)33-39(40)29-46(49)58(54)45-24-22-42(56(5,6)7)32-50(45)59(51)47-25-21-38-18-13-17-37-19-14-20-43(47)53(37)38/h10-12,14-16,19-32H,13,17-18,33-34H2,1-9H3. The van der Waals surface area contributed by atoms with Crippen molar-refractivity contribution in [2.45, 2.75) is 105 Å². The number of aryl methyl sites for hydroxylation is 3. The zero-order chi connectivity index (χ0) is 41.5. The minimum Gasteiger partial charge on any atom is -0.311 e. The van der Waals surface area contributed by atoms with Crippen LogP contribution in [0.15, 0.2) is 121 Å². The van der Waals surface area contributed by atoms with Crippen LogP contribution in [0, 0.1) is 12.3 Å². The first-order valence-electron chi connectivity index (χ1n) is 22.4. The summed E-state index contributed by atoms with van der Waals surface area (Å²) in [6, 6.07) is 48.0. The largest absolute Gasteiger partial charge is 0.311 e. The van der Waals surface area contributed by atoms with Crippen LogP contribution in [0.1, 0.15) is 101 Å². The van der Waals surface area contributed by atoms with Crippen molar-refractivity contribution in [1.29, 1.82) is 0 Å². The van der Waals surface area contributed by atoms with E-state index in [4.69, 9.17) is 0 Å². The summed E-state index contributed by atoms with van der Waals surface area (Å²) in [5, 5.41) is 2.83. The molecule has 0 radical (unpaired) electrons. The first kappa shape index (κ1) is 37.5. The van der Waals surface area contributed by atoms with Crippen LogP contribution in [0.25, 0.3) is 21.9 Å². The van der Waals surface area contributed by atoms with Gasteiger partial charge in [0.2, 0.25) is 0 Å². The molecule has 0 aromatic heterocycles. The summed E-state index contributed by atoms with van der Waals surface area (Å²) in [6.07, 6.45) is 5.71. The Morgan fingerprint density at radius 1 is 0.517 bits per heavy atom. The van der Waals surface area contributed by atoms with E-state index < -0.39 is 0 Å². The lowest BCUT2D eigenvalue weighted by molar-refractivity contribution is 0.392. The minimum absolute atomic E-state index is 0.000590. The van der Waals surface area contributed by atoms with Gasteiger partial charge in [0.25, 0.3) is 6.71 Å². The summed E-state index contributed by atoms with van der Waals surface area (Å²) in [5.74, 6) is 0. The SMILES string of the molecule is Cc1cc2c3c(c1)N(c1ccc4c5c(cccc15)CCC4)c1cc(C(C)(C)C)ccc1B3c1cc3c(cc1N2c1ccc(C(C)(C)C)cc1-c1ccccc1)CC(C)(C)C3. The lowest BCUT2D eigenvalue weighted by Gasteiger charge is -2.45. The van der Waals surface area contributed by atoms with Gasteiger partial charge >= 0.3 is 0 Å². The second-order valence-corrected chi connectivity index (χ2v) is 21.3. The highest BCUT2D eigenvalue weighted by atomic mass is 15.2. The van der Waals surface area contributed by atoms with E-state index in [9.17, 15) is 0 Å². The van der Waals surface area contributed by atoms with Gasteiger partial charge in [0.1, 0.15) is 0 Å². The Morgan fingerprint density at radius 3 is 1.85 bits per heavy atom. The summed E-state index contributed by atoms with van der Waals surface area (Å²) < 4.78 is 0. The van der Waals surface area contributed by atoms with Gasteiger partial charge in [-0.1, -0.05) is 134 Å². The molecule has 298 valence electrons. The van der Waals surface area contributed by atoms with Crippen LogP contribution >= 0.6 is 0 Å². The summed E-state index contributed by atoms with van der Waals surface area (Å²) in [4.78, 5) is 5.34. The lowest BCUT2D eigenvalue weighted by atomic mass is 9.33. The molecule has 2 aliphatic heterocycles. The molecule has 0 amide bonds. The van der Waals surface area contributed by atoms with Crippen molar-refractivity contribution < 1.29 is 0 Å². The predicted molar refractivity (Wildman–Crippen MR) is 259 cm³/mol. The van der Waals surface area contributed by atoms with E-state index in [0.717, 1.165) is 25.7 Å². The van der Waals surface area contributed by atoms with Gasteiger partial charge in [0.15, 0.2) is 0 Å². The van der Waals surface area contributed by atoms with Crippen LogP contribution in [0.4, 0.5) is 34.1 Å². The molecule has 60 heavy (non-hydrogen) atoms. The molecular weight excluding hydrogens is 723 g/mol. The Balaban J connectivity index is 1.26. The number of hydrogen-bond donors (Lipinski definition) is 0. The molecule has 11 rings (SSSR count). The third-order valence-electron chi connectivity index (χ3n) is 14.2. The van der Waals surface area contributed by atoms with Gasteiger partial charge in [-0.3, -0.25) is 0 Å². The fraction of sp³-hybridized carbons (Fsp3) is 0.298.